The minimum atomic E-state index is -1.56. The average molecular weight is 567 g/mol. The maximum Gasteiger partial charge on any atom is 0.262 e. The molecule has 0 saturated carbocycles. The van der Waals surface area contributed by atoms with Crippen LogP contribution in [0.3, 0.4) is 0 Å². The molecule has 1 aliphatic heterocycles. The number of carbonyl (C=O) groups excluding carboxylic acids is 2. The Morgan fingerprint density at radius 3 is 2.63 bits per heavy atom. The first-order chi connectivity index (χ1) is 19.7. The molecule has 10 heteroatoms. The number of anilines is 1. The molecule has 2 heterocycles. The van der Waals surface area contributed by atoms with Gasteiger partial charge in [-0.3, -0.25) is 9.59 Å². The Bertz CT molecular complexity index is 1730. The largest absolute Gasteiger partial charge is 0.457 e. The molecule has 1 fully saturated rings. The van der Waals surface area contributed by atoms with Gasteiger partial charge < -0.3 is 32.2 Å². The SMILES string of the molecule is Cc1cc(Oc2ccccc2)ccc1C1(N)C(=O)C(N)c2c(C(=O)NC3CCCN(C#N)C3)sc3c(N)ccc1c23. The number of nitriles is 1. The second-order valence-electron chi connectivity index (χ2n) is 10.7. The Labute approximate surface area is 241 Å². The van der Waals surface area contributed by atoms with Crippen LogP contribution in [0.2, 0.25) is 0 Å². The van der Waals surface area contributed by atoms with Crippen LogP contribution in [0.5, 0.6) is 11.5 Å². The smallest absolute Gasteiger partial charge is 0.262 e. The third-order valence-electron chi connectivity index (χ3n) is 8.02. The number of nitrogens with one attached hydrogen (secondary N) is 1. The number of piperidine rings is 1. The normalized spacial score (nSPS) is 21.9. The lowest BCUT2D eigenvalue weighted by Gasteiger charge is -2.37. The molecule has 3 atom stereocenters. The van der Waals surface area contributed by atoms with Gasteiger partial charge in [0.1, 0.15) is 17.0 Å². The Morgan fingerprint density at radius 2 is 1.90 bits per heavy atom. The summed E-state index contributed by atoms with van der Waals surface area (Å²) in [5, 5.41) is 13.0. The van der Waals surface area contributed by atoms with Gasteiger partial charge in [-0.15, -0.1) is 11.3 Å². The number of likely N-dealkylation sites (tertiary alicyclic amines) is 1. The fourth-order valence-corrected chi connectivity index (χ4v) is 7.23. The van der Waals surface area contributed by atoms with E-state index in [4.69, 9.17) is 21.9 Å². The molecule has 4 aromatic rings. The molecular formula is C31H30N6O3S. The monoisotopic (exact) mass is 566 g/mol. The maximum atomic E-state index is 14.1. The van der Waals surface area contributed by atoms with Gasteiger partial charge in [0.05, 0.1) is 15.6 Å². The van der Waals surface area contributed by atoms with Crippen molar-refractivity contribution in [3.8, 4) is 17.7 Å². The number of nitrogen functional groups attached to an aromatic ring is 1. The first kappa shape index (κ1) is 26.8. The third kappa shape index (κ3) is 4.39. The van der Waals surface area contributed by atoms with Gasteiger partial charge in [0.2, 0.25) is 0 Å². The van der Waals surface area contributed by atoms with E-state index in [0.29, 0.717) is 61.9 Å². The minimum Gasteiger partial charge on any atom is -0.457 e. The predicted molar refractivity (Wildman–Crippen MR) is 159 cm³/mol. The molecule has 0 radical (unpaired) electrons. The lowest BCUT2D eigenvalue weighted by molar-refractivity contribution is -0.124. The van der Waals surface area contributed by atoms with Crippen molar-refractivity contribution in [2.24, 2.45) is 11.5 Å². The number of ether oxygens (including phenoxy) is 1. The van der Waals surface area contributed by atoms with Crippen molar-refractivity contribution in [2.75, 3.05) is 18.8 Å². The van der Waals surface area contributed by atoms with Gasteiger partial charge in [-0.1, -0.05) is 30.3 Å². The van der Waals surface area contributed by atoms with E-state index in [0.717, 1.165) is 18.4 Å². The van der Waals surface area contributed by atoms with Crippen molar-refractivity contribution in [3.63, 3.8) is 0 Å². The number of hydrogen-bond donors (Lipinski definition) is 4. The highest BCUT2D eigenvalue weighted by Gasteiger charge is 2.49. The highest BCUT2D eigenvalue weighted by molar-refractivity contribution is 7.21. The van der Waals surface area contributed by atoms with E-state index in [-0.39, 0.29) is 11.9 Å². The molecule has 6 rings (SSSR count). The van der Waals surface area contributed by atoms with E-state index in [1.54, 1.807) is 29.2 Å². The number of aryl methyl sites for hydroxylation is 1. The number of Topliss-reactive ketones (excluding diaryl/α,β-unsaturated/α-hetero) is 1. The average Bonchev–Trinajstić information content (AvgIpc) is 3.38. The summed E-state index contributed by atoms with van der Waals surface area (Å²) < 4.78 is 6.66. The second kappa shape index (κ2) is 10.2. The summed E-state index contributed by atoms with van der Waals surface area (Å²) in [6, 6.07) is 17.0. The molecule has 1 amide bonds. The fourth-order valence-electron chi connectivity index (χ4n) is 6.03. The number of para-hydroxylation sites is 1. The molecule has 1 aliphatic carbocycles. The number of amides is 1. The van der Waals surface area contributed by atoms with Gasteiger partial charge in [-0.2, -0.15) is 5.26 Å². The highest BCUT2D eigenvalue weighted by atomic mass is 32.1. The molecule has 1 saturated heterocycles. The van der Waals surface area contributed by atoms with Crippen LogP contribution in [0.25, 0.3) is 10.1 Å². The number of nitrogens with zero attached hydrogens (tertiary/aromatic N) is 2. The summed E-state index contributed by atoms with van der Waals surface area (Å²) in [4.78, 5) is 29.7. The van der Waals surface area contributed by atoms with Crippen LogP contribution in [0, 0.1) is 18.4 Å². The van der Waals surface area contributed by atoms with Crippen LogP contribution in [0.4, 0.5) is 5.69 Å². The molecule has 9 nitrogen and oxygen atoms in total. The number of nitrogens with two attached hydrogens (primary N) is 3. The molecular weight excluding hydrogens is 536 g/mol. The lowest BCUT2D eigenvalue weighted by atomic mass is 9.69. The second-order valence-corrected chi connectivity index (χ2v) is 11.7. The fraction of sp³-hybridized carbons (Fsp3) is 0.258. The zero-order valence-corrected chi connectivity index (χ0v) is 23.3. The highest BCUT2D eigenvalue weighted by Crippen LogP contribution is 2.50. The van der Waals surface area contributed by atoms with E-state index in [2.05, 4.69) is 11.5 Å². The van der Waals surface area contributed by atoms with Gasteiger partial charge in [0.25, 0.3) is 5.91 Å². The van der Waals surface area contributed by atoms with E-state index in [1.165, 1.54) is 11.3 Å². The Morgan fingerprint density at radius 1 is 1.15 bits per heavy atom. The number of thiophene rings is 1. The Hall–Kier alpha value is -4.43. The third-order valence-corrected chi connectivity index (χ3v) is 9.27. The zero-order chi connectivity index (χ0) is 28.9. The maximum absolute atomic E-state index is 14.1. The number of ketones is 1. The van der Waals surface area contributed by atoms with Crippen molar-refractivity contribution in [1.82, 2.24) is 10.2 Å². The molecule has 1 aromatic heterocycles. The summed E-state index contributed by atoms with van der Waals surface area (Å²) in [6.07, 6.45) is 3.72. The molecule has 2 aliphatic rings. The van der Waals surface area contributed by atoms with Gasteiger partial charge in [-0.25, -0.2) is 0 Å². The number of carbonyl (C=O) groups is 2. The minimum absolute atomic E-state index is 0.187. The standard InChI is InChI=1S/C31H30N6O3S/c1-17-14-20(40-19-7-3-2-4-8-19)9-10-21(17)31(35)22-11-12-23(33)27-24(22)25(26(34)29(31)38)28(41-27)30(39)36-18-6-5-13-37(15-18)16-32/h2-4,7-12,14,18,26H,5-6,13,15,33-35H2,1H3,(H,36,39). The van der Waals surface area contributed by atoms with Gasteiger partial charge in [0, 0.05) is 35.8 Å². The van der Waals surface area contributed by atoms with Gasteiger partial charge in [-0.05, 0) is 66.8 Å². The van der Waals surface area contributed by atoms with Crippen LogP contribution in [-0.4, -0.2) is 35.7 Å². The van der Waals surface area contributed by atoms with Gasteiger partial charge in [0.15, 0.2) is 12.0 Å². The van der Waals surface area contributed by atoms with E-state index in [1.807, 2.05) is 43.3 Å². The predicted octanol–water partition coefficient (Wildman–Crippen LogP) is 4.04. The van der Waals surface area contributed by atoms with Crippen LogP contribution < -0.4 is 27.3 Å². The summed E-state index contributed by atoms with van der Waals surface area (Å²) in [7, 11) is 0. The van der Waals surface area contributed by atoms with Gasteiger partial charge >= 0.3 is 0 Å². The molecule has 208 valence electrons. The van der Waals surface area contributed by atoms with Crippen LogP contribution in [0.15, 0.2) is 60.7 Å². The first-order valence-electron chi connectivity index (χ1n) is 13.5. The van der Waals surface area contributed by atoms with E-state index >= 15 is 0 Å². The van der Waals surface area contributed by atoms with Crippen molar-refractivity contribution in [2.45, 2.75) is 37.4 Å². The number of hydrogen-bond acceptors (Lipinski definition) is 9. The van der Waals surface area contributed by atoms with Crippen LogP contribution >= 0.6 is 11.3 Å². The van der Waals surface area contributed by atoms with Crippen molar-refractivity contribution < 1.29 is 14.3 Å². The summed E-state index contributed by atoms with van der Waals surface area (Å²) >= 11 is 1.22. The van der Waals surface area contributed by atoms with Crippen molar-refractivity contribution in [1.29, 1.82) is 5.26 Å². The van der Waals surface area contributed by atoms with E-state index in [9.17, 15) is 14.9 Å². The Balaban J connectivity index is 1.42. The summed E-state index contributed by atoms with van der Waals surface area (Å²) in [5.41, 5.74) is 21.4. The van der Waals surface area contributed by atoms with E-state index < -0.39 is 17.4 Å². The molecule has 0 spiro atoms. The van der Waals surface area contributed by atoms with Crippen molar-refractivity contribution >= 4 is 38.8 Å². The summed E-state index contributed by atoms with van der Waals surface area (Å²) in [5.74, 6) is 0.573. The molecule has 3 unspecified atom stereocenters. The molecule has 41 heavy (non-hydrogen) atoms. The molecule has 7 N–H and O–H groups in total. The summed E-state index contributed by atoms with van der Waals surface area (Å²) in [6.45, 7) is 3.00. The Kier molecular flexibility index (Phi) is 6.66. The molecule has 3 aromatic carbocycles. The van der Waals surface area contributed by atoms with Crippen molar-refractivity contribution in [3.05, 3.63) is 87.8 Å². The zero-order valence-electron chi connectivity index (χ0n) is 22.5. The molecule has 0 bridgehead atoms. The van der Waals surface area contributed by atoms with Crippen LogP contribution in [-0.2, 0) is 10.3 Å². The quantitative estimate of drug-likeness (QED) is 0.208. The number of benzene rings is 3. The van der Waals surface area contributed by atoms with Crippen LogP contribution in [0.1, 0.15) is 50.8 Å². The first-order valence-corrected chi connectivity index (χ1v) is 14.3. The lowest BCUT2D eigenvalue weighted by Crippen LogP contribution is -2.53. The topological polar surface area (TPSA) is 160 Å². The number of rotatable bonds is 5.